The maximum atomic E-state index is 13.8. The molecule has 0 spiro atoms. The van der Waals surface area contributed by atoms with Crippen LogP contribution in [0, 0.1) is 13.8 Å². The fraction of sp³-hybridized carbons (Fsp3) is 0.321. The molecule has 8 nitrogen and oxygen atoms in total. The Balaban J connectivity index is 1.64. The molecule has 11 heteroatoms. The van der Waals surface area contributed by atoms with Crippen LogP contribution in [0.3, 0.4) is 0 Å². The zero-order chi connectivity index (χ0) is 27.8. The van der Waals surface area contributed by atoms with Crippen LogP contribution in [0.2, 0.25) is 5.02 Å². The Hall–Kier alpha value is -3.76. The van der Waals surface area contributed by atoms with Gasteiger partial charge in [0, 0.05) is 42.9 Å². The van der Waals surface area contributed by atoms with Gasteiger partial charge in [-0.05, 0) is 56.0 Å². The van der Waals surface area contributed by atoms with Gasteiger partial charge in [0.2, 0.25) is 0 Å². The summed E-state index contributed by atoms with van der Waals surface area (Å²) in [5.41, 5.74) is 4.14. The maximum Gasteiger partial charge on any atom is 0.274 e. The number of ether oxygens (including phenoxy) is 1. The normalized spacial score (nSPS) is 16.6. The molecule has 0 aromatic carbocycles. The number of aliphatic imine (C=N–C) groups is 3. The second-order valence-electron chi connectivity index (χ2n) is 9.04. The van der Waals surface area contributed by atoms with Gasteiger partial charge in [0.15, 0.2) is 0 Å². The largest absolute Gasteiger partial charge is 0.381 e. The van der Waals surface area contributed by atoms with Crippen molar-refractivity contribution in [2.24, 2.45) is 15.0 Å². The van der Waals surface area contributed by atoms with E-state index >= 15 is 0 Å². The lowest BCUT2D eigenvalue weighted by molar-refractivity contribution is 0.146. The van der Waals surface area contributed by atoms with E-state index in [1.807, 2.05) is 26.0 Å². The monoisotopic (exact) mass is 554 g/mol. The van der Waals surface area contributed by atoms with E-state index < -0.39 is 11.7 Å². The number of aromatic nitrogens is 2. The SMILES string of the molecule is Cc1cnc(C2=CC=NC=NCCOCCN2)cc1-n1c(C)cc(CCC2=NC=C(F)C=C(F)C2)c(Cl)c1=O. The van der Waals surface area contributed by atoms with E-state index in [9.17, 15) is 13.6 Å². The molecule has 4 rings (SSSR count). The minimum absolute atomic E-state index is 0.0669. The third-order valence-corrected chi connectivity index (χ3v) is 6.53. The van der Waals surface area contributed by atoms with Crippen LogP contribution in [0.15, 0.2) is 68.1 Å². The fourth-order valence-corrected chi connectivity index (χ4v) is 4.43. The summed E-state index contributed by atoms with van der Waals surface area (Å²) in [5, 5.41) is 3.38. The molecular weight excluding hydrogens is 526 g/mol. The minimum Gasteiger partial charge on any atom is -0.381 e. The topological polar surface area (TPSA) is 93.2 Å². The molecule has 0 saturated heterocycles. The molecule has 0 fully saturated rings. The fourth-order valence-electron chi connectivity index (χ4n) is 4.19. The quantitative estimate of drug-likeness (QED) is 0.562. The van der Waals surface area contributed by atoms with Gasteiger partial charge in [-0.3, -0.25) is 24.3 Å². The first-order valence-corrected chi connectivity index (χ1v) is 12.9. The van der Waals surface area contributed by atoms with Gasteiger partial charge in [-0.25, -0.2) is 13.8 Å². The third kappa shape index (κ3) is 7.42. The van der Waals surface area contributed by atoms with Gasteiger partial charge in [-0.15, -0.1) is 0 Å². The van der Waals surface area contributed by atoms with E-state index in [1.165, 1.54) is 6.34 Å². The highest BCUT2D eigenvalue weighted by molar-refractivity contribution is 6.31. The van der Waals surface area contributed by atoms with E-state index in [4.69, 9.17) is 16.3 Å². The number of nitrogens with zero attached hydrogens (tertiary/aromatic N) is 5. The summed E-state index contributed by atoms with van der Waals surface area (Å²) in [6, 6.07) is 3.66. The number of aryl methyl sites for hydroxylation is 3. The average Bonchev–Trinajstić information content (AvgIpc) is 3.06. The Labute approximate surface area is 230 Å². The molecule has 0 radical (unpaired) electrons. The van der Waals surface area contributed by atoms with Gasteiger partial charge >= 0.3 is 0 Å². The van der Waals surface area contributed by atoms with Crippen molar-refractivity contribution in [3.8, 4) is 5.69 Å². The number of pyridine rings is 2. The molecule has 2 aromatic rings. The molecule has 0 unspecified atom stereocenters. The second kappa shape index (κ2) is 13.3. The summed E-state index contributed by atoms with van der Waals surface area (Å²) < 4.78 is 34.4. The maximum absolute atomic E-state index is 13.8. The number of allylic oxidation sites excluding steroid dienone is 4. The molecule has 1 N–H and O–H groups in total. The Morgan fingerprint density at radius 2 is 2.03 bits per heavy atom. The first kappa shape index (κ1) is 28.3. The van der Waals surface area contributed by atoms with Crippen molar-refractivity contribution >= 4 is 35.6 Å². The van der Waals surface area contributed by atoms with Crippen LogP contribution < -0.4 is 10.9 Å². The minimum atomic E-state index is -0.733. The van der Waals surface area contributed by atoms with Crippen LogP contribution in [0.5, 0.6) is 0 Å². The van der Waals surface area contributed by atoms with Crippen molar-refractivity contribution in [2.75, 3.05) is 26.3 Å². The molecule has 2 aromatic heterocycles. The number of rotatable bonds is 5. The predicted molar refractivity (Wildman–Crippen MR) is 152 cm³/mol. The molecule has 0 bridgehead atoms. The van der Waals surface area contributed by atoms with Crippen molar-refractivity contribution in [1.29, 1.82) is 0 Å². The smallest absolute Gasteiger partial charge is 0.274 e. The first-order chi connectivity index (χ1) is 18.8. The lowest BCUT2D eigenvalue weighted by Crippen LogP contribution is -2.24. The molecule has 2 aliphatic heterocycles. The molecule has 0 saturated carbocycles. The predicted octanol–water partition coefficient (Wildman–Crippen LogP) is 5.00. The van der Waals surface area contributed by atoms with Gasteiger partial charge in [-0.1, -0.05) is 11.6 Å². The highest BCUT2D eigenvalue weighted by Crippen LogP contribution is 2.23. The zero-order valence-corrected chi connectivity index (χ0v) is 22.5. The molecule has 39 heavy (non-hydrogen) atoms. The lowest BCUT2D eigenvalue weighted by Gasteiger charge is -2.18. The van der Waals surface area contributed by atoms with E-state index in [1.54, 1.807) is 23.1 Å². The summed E-state index contributed by atoms with van der Waals surface area (Å²) >= 11 is 6.55. The molecule has 0 aliphatic carbocycles. The Kier molecular flexibility index (Phi) is 9.67. The zero-order valence-electron chi connectivity index (χ0n) is 21.8. The van der Waals surface area contributed by atoms with Crippen molar-refractivity contribution in [1.82, 2.24) is 14.9 Å². The first-order valence-electron chi connectivity index (χ1n) is 12.5. The van der Waals surface area contributed by atoms with E-state index in [0.717, 1.165) is 17.8 Å². The van der Waals surface area contributed by atoms with Gasteiger partial charge < -0.3 is 10.1 Å². The standard InChI is InChI=1S/C28H29ClF2N6O2/c1-18-15-36-25(24-5-6-32-17-33-7-9-39-10-8-34-24)14-26(18)37-19(2)11-20(27(29)28(37)38)3-4-23-13-21(30)12-22(31)16-35-23/h5-6,11-12,14-17,34H,3-4,7-10,13H2,1-2H3. The lowest BCUT2D eigenvalue weighted by atomic mass is 10.0. The molecule has 0 amide bonds. The average molecular weight is 555 g/mol. The van der Waals surface area contributed by atoms with Crippen LogP contribution in [0.4, 0.5) is 8.78 Å². The van der Waals surface area contributed by atoms with Crippen molar-refractivity contribution in [3.05, 3.63) is 86.2 Å². The Morgan fingerprint density at radius 3 is 2.87 bits per heavy atom. The van der Waals surface area contributed by atoms with Gasteiger partial charge in [0.25, 0.3) is 5.56 Å². The van der Waals surface area contributed by atoms with E-state index in [0.29, 0.717) is 73.2 Å². The highest BCUT2D eigenvalue weighted by atomic mass is 35.5. The van der Waals surface area contributed by atoms with Gasteiger partial charge in [0.05, 0.1) is 43.0 Å². The van der Waals surface area contributed by atoms with Crippen molar-refractivity contribution in [2.45, 2.75) is 33.1 Å². The summed E-state index contributed by atoms with van der Waals surface area (Å²) in [6.45, 7) is 5.80. The summed E-state index contributed by atoms with van der Waals surface area (Å²) in [6.07, 6.45) is 9.03. The Morgan fingerprint density at radius 1 is 1.18 bits per heavy atom. The van der Waals surface area contributed by atoms with Crippen LogP contribution in [-0.4, -0.2) is 54.1 Å². The van der Waals surface area contributed by atoms with Crippen molar-refractivity contribution < 1.29 is 13.5 Å². The number of halogens is 3. The van der Waals surface area contributed by atoms with Gasteiger partial charge in [0.1, 0.15) is 23.0 Å². The molecule has 204 valence electrons. The van der Waals surface area contributed by atoms with E-state index in [2.05, 4.69) is 25.3 Å². The third-order valence-electron chi connectivity index (χ3n) is 6.12. The van der Waals surface area contributed by atoms with Crippen LogP contribution in [-0.2, 0) is 11.2 Å². The summed E-state index contributed by atoms with van der Waals surface area (Å²) in [7, 11) is 0. The number of nitrogens with one attached hydrogen (secondary N) is 1. The second-order valence-corrected chi connectivity index (χ2v) is 9.42. The van der Waals surface area contributed by atoms with E-state index in [-0.39, 0.29) is 17.0 Å². The van der Waals surface area contributed by atoms with Crippen LogP contribution in [0.1, 0.15) is 35.4 Å². The Bertz CT molecular complexity index is 1470. The van der Waals surface area contributed by atoms with Crippen LogP contribution >= 0.6 is 11.6 Å². The molecule has 4 heterocycles. The van der Waals surface area contributed by atoms with Crippen molar-refractivity contribution in [3.63, 3.8) is 0 Å². The highest BCUT2D eigenvalue weighted by Gasteiger charge is 2.17. The number of hydrogen-bond acceptors (Lipinski definition) is 7. The molecule has 2 aliphatic rings. The molecule has 0 atom stereocenters. The summed E-state index contributed by atoms with van der Waals surface area (Å²) in [4.78, 5) is 30.4. The summed E-state index contributed by atoms with van der Waals surface area (Å²) in [5.74, 6) is -1.33. The van der Waals surface area contributed by atoms with Gasteiger partial charge in [-0.2, -0.15) is 0 Å². The van der Waals surface area contributed by atoms with Crippen LogP contribution in [0.25, 0.3) is 11.4 Å². The molecular formula is C28H29ClF2N6O2. The number of hydrogen-bond donors (Lipinski definition) is 1.